The highest BCUT2D eigenvalue weighted by atomic mass is 32.1. The minimum atomic E-state index is 0.0291. The molecular formula is C16H17N5OS. The van der Waals surface area contributed by atoms with Crippen molar-refractivity contribution >= 4 is 22.2 Å². The molecule has 0 unspecified atom stereocenters. The molecule has 1 amide bonds. The number of amides is 1. The molecule has 1 N–H and O–H groups in total. The molecule has 6 nitrogen and oxygen atoms in total. The van der Waals surface area contributed by atoms with Crippen LogP contribution in [0.4, 0.5) is 0 Å². The Kier molecular flexibility index (Phi) is 2.70. The predicted octanol–water partition coefficient (Wildman–Crippen LogP) is 2.16. The summed E-state index contributed by atoms with van der Waals surface area (Å²) in [6.45, 7) is 0.512. The fraction of sp³-hybridized carbons (Fsp3) is 0.438. The molecular weight excluding hydrogens is 310 g/mol. The van der Waals surface area contributed by atoms with Gasteiger partial charge in [-0.05, 0) is 12.8 Å². The van der Waals surface area contributed by atoms with Gasteiger partial charge in [-0.25, -0.2) is 4.98 Å². The molecule has 2 aliphatic rings. The number of thiazole rings is 1. The first kappa shape index (κ1) is 13.3. The number of hydrogen-bond donors (Lipinski definition) is 1. The summed E-state index contributed by atoms with van der Waals surface area (Å²) in [6.07, 6.45) is 6.91. The van der Waals surface area contributed by atoms with Crippen LogP contribution in [0.3, 0.4) is 0 Å². The standard InChI is InChI=1S/C16H17N5OS/c1-20-14(9-2-3-9)11(7-18-20)10-6-13(22)17-8-12-15(10)21-4-5-23-16(21)19-12/h4-5,7,9-10H,2-3,6,8H2,1H3,(H,17,22)/t10-/m0/s1. The van der Waals surface area contributed by atoms with E-state index < -0.39 is 0 Å². The Morgan fingerprint density at radius 3 is 3.04 bits per heavy atom. The van der Waals surface area contributed by atoms with E-state index in [9.17, 15) is 4.79 Å². The highest BCUT2D eigenvalue weighted by Crippen LogP contribution is 2.45. The fourth-order valence-electron chi connectivity index (χ4n) is 3.73. The van der Waals surface area contributed by atoms with Crippen LogP contribution < -0.4 is 5.32 Å². The van der Waals surface area contributed by atoms with Gasteiger partial charge in [-0.1, -0.05) is 0 Å². The van der Waals surface area contributed by atoms with Crippen LogP contribution in [0.25, 0.3) is 4.96 Å². The SMILES string of the molecule is Cn1ncc([C@@H]2CC(=O)NCc3nc4sccn4c32)c1C1CC1. The molecule has 0 bridgehead atoms. The molecule has 3 aromatic rings. The van der Waals surface area contributed by atoms with E-state index >= 15 is 0 Å². The molecule has 1 atom stereocenters. The largest absolute Gasteiger partial charge is 0.350 e. The van der Waals surface area contributed by atoms with Gasteiger partial charge in [0.15, 0.2) is 4.96 Å². The quantitative estimate of drug-likeness (QED) is 0.784. The molecule has 4 heterocycles. The Morgan fingerprint density at radius 1 is 1.35 bits per heavy atom. The molecule has 3 aromatic heterocycles. The summed E-state index contributed by atoms with van der Waals surface area (Å²) < 4.78 is 4.13. The Bertz CT molecular complexity index is 916. The number of nitrogens with zero attached hydrogens (tertiary/aromatic N) is 4. The second kappa shape index (κ2) is 4.67. The third-order valence-corrected chi connectivity index (χ3v) is 5.66. The highest BCUT2D eigenvalue weighted by molar-refractivity contribution is 7.15. The topological polar surface area (TPSA) is 64.2 Å². The van der Waals surface area contributed by atoms with E-state index in [4.69, 9.17) is 4.98 Å². The molecule has 0 spiro atoms. The smallest absolute Gasteiger partial charge is 0.221 e. The van der Waals surface area contributed by atoms with Crippen LogP contribution in [0.2, 0.25) is 0 Å². The zero-order valence-electron chi connectivity index (χ0n) is 12.8. The maximum absolute atomic E-state index is 12.2. The van der Waals surface area contributed by atoms with E-state index in [-0.39, 0.29) is 11.8 Å². The third kappa shape index (κ3) is 1.96. The number of nitrogens with one attached hydrogen (secondary N) is 1. The summed E-state index contributed by atoms with van der Waals surface area (Å²) in [4.78, 5) is 18.0. The number of carbonyl (C=O) groups excluding carboxylic acids is 1. The van der Waals surface area contributed by atoms with Crippen LogP contribution in [0.15, 0.2) is 17.8 Å². The van der Waals surface area contributed by atoms with Crippen LogP contribution in [-0.4, -0.2) is 25.1 Å². The number of aryl methyl sites for hydroxylation is 1. The van der Waals surface area contributed by atoms with Gasteiger partial charge in [0.2, 0.25) is 5.91 Å². The normalized spacial score (nSPS) is 21.3. The van der Waals surface area contributed by atoms with Crippen molar-refractivity contribution in [2.45, 2.75) is 37.6 Å². The number of imidazole rings is 1. The fourth-order valence-corrected chi connectivity index (χ4v) is 4.47. The minimum Gasteiger partial charge on any atom is -0.350 e. The molecule has 1 fully saturated rings. The average Bonchev–Trinajstić information content (AvgIpc) is 3.03. The Hall–Kier alpha value is -2.15. The van der Waals surface area contributed by atoms with Crippen LogP contribution in [-0.2, 0) is 18.4 Å². The van der Waals surface area contributed by atoms with E-state index in [0.717, 1.165) is 16.3 Å². The summed E-state index contributed by atoms with van der Waals surface area (Å²) >= 11 is 1.63. The molecule has 0 radical (unpaired) electrons. The van der Waals surface area contributed by atoms with E-state index in [1.54, 1.807) is 11.3 Å². The van der Waals surface area contributed by atoms with Gasteiger partial charge in [-0.15, -0.1) is 11.3 Å². The number of aromatic nitrogens is 4. The van der Waals surface area contributed by atoms with Crippen LogP contribution in [0.1, 0.15) is 53.7 Å². The van der Waals surface area contributed by atoms with Gasteiger partial charge >= 0.3 is 0 Å². The Labute approximate surface area is 137 Å². The number of carbonyl (C=O) groups is 1. The Morgan fingerprint density at radius 2 is 2.22 bits per heavy atom. The second-order valence-corrected chi connectivity index (χ2v) is 7.29. The van der Waals surface area contributed by atoms with Gasteiger partial charge in [0.1, 0.15) is 0 Å². The molecule has 118 valence electrons. The lowest BCUT2D eigenvalue weighted by Crippen LogP contribution is -2.21. The first-order valence-electron chi connectivity index (χ1n) is 7.95. The lowest BCUT2D eigenvalue weighted by atomic mass is 9.90. The molecule has 1 saturated carbocycles. The minimum absolute atomic E-state index is 0.0291. The summed E-state index contributed by atoms with van der Waals surface area (Å²) in [5.74, 6) is 0.710. The monoisotopic (exact) mass is 327 g/mol. The summed E-state index contributed by atoms with van der Waals surface area (Å²) in [7, 11) is 2.01. The molecule has 0 aromatic carbocycles. The highest BCUT2D eigenvalue weighted by Gasteiger charge is 2.36. The lowest BCUT2D eigenvalue weighted by Gasteiger charge is -2.16. The number of rotatable bonds is 2. The van der Waals surface area contributed by atoms with E-state index in [1.807, 2.05) is 23.3 Å². The van der Waals surface area contributed by atoms with Crippen molar-refractivity contribution in [3.63, 3.8) is 0 Å². The predicted molar refractivity (Wildman–Crippen MR) is 86.6 cm³/mol. The molecule has 0 saturated heterocycles. The van der Waals surface area contributed by atoms with Crippen LogP contribution in [0.5, 0.6) is 0 Å². The van der Waals surface area contributed by atoms with Crippen molar-refractivity contribution in [1.82, 2.24) is 24.5 Å². The van der Waals surface area contributed by atoms with Crippen molar-refractivity contribution in [2.24, 2.45) is 7.05 Å². The molecule has 7 heteroatoms. The van der Waals surface area contributed by atoms with Crippen molar-refractivity contribution in [1.29, 1.82) is 0 Å². The van der Waals surface area contributed by atoms with Crippen molar-refractivity contribution in [3.05, 3.63) is 40.4 Å². The van der Waals surface area contributed by atoms with Gasteiger partial charge in [0, 0.05) is 48.1 Å². The van der Waals surface area contributed by atoms with Gasteiger partial charge in [0.25, 0.3) is 0 Å². The first-order valence-corrected chi connectivity index (χ1v) is 8.83. The number of hydrogen-bond acceptors (Lipinski definition) is 4. The van der Waals surface area contributed by atoms with Crippen molar-refractivity contribution < 1.29 is 4.79 Å². The van der Waals surface area contributed by atoms with Crippen LogP contribution >= 0.6 is 11.3 Å². The molecule has 1 aliphatic carbocycles. The van der Waals surface area contributed by atoms with Gasteiger partial charge in [0.05, 0.1) is 24.1 Å². The number of fused-ring (bicyclic) bond motifs is 3. The molecule has 23 heavy (non-hydrogen) atoms. The zero-order chi connectivity index (χ0) is 15.6. The van der Waals surface area contributed by atoms with E-state index in [1.165, 1.54) is 24.1 Å². The Balaban J connectivity index is 1.73. The van der Waals surface area contributed by atoms with Gasteiger partial charge in [-0.2, -0.15) is 5.10 Å². The maximum atomic E-state index is 12.2. The van der Waals surface area contributed by atoms with Crippen molar-refractivity contribution in [3.8, 4) is 0 Å². The van der Waals surface area contributed by atoms with Crippen molar-refractivity contribution in [2.75, 3.05) is 0 Å². The summed E-state index contributed by atoms with van der Waals surface area (Å²) in [5, 5.41) is 9.52. The maximum Gasteiger partial charge on any atom is 0.221 e. The third-order valence-electron chi connectivity index (χ3n) is 4.90. The lowest BCUT2D eigenvalue weighted by molar-refractivity contribution is -0.121. The van der Waals surface area contributed by atoms with Gasteiger partial charge in [-0.3, -0.25) is 13.9 Å². The molecule has 1 aliphatic heterocycles. The summed E-state index contributed by atoms with van der Waals surface area (Å²) in [6, 6.07) is 0. The van der Waals surface area contributed by atoms with Gasteiger partial charge < -0.3 is 5.32 Å². The van der Waals surface area contributed by atoms with E-state index in [0.29, 0.717) is 18.9 Å². The second-order valence-electron chi connectivity index (χ2n) is 6.42. The van der Waals surface area contributed by atoms with E-state index in [2.05, 4.69) is 21.0 Å². The first-order chi connectivity index (χ1) is 11.2. The molecule has 5 rings (SSSR count). The zero-order valence-corrected chi connectivity index (χ0v) is 13.6. The van der Waals surface area contributed by atoms with Crippen LogP contribution in [0, 0.1) is 0 Å². The summed E-state index contributed by atoms with van der Waals surface area (Å²) in [5.41, 5.74) is 4.62. The average molecular weight is 327 g/mol.